The van der Waals surface area contributed by atoms with Crippen molar-refractivity contribution < 1.29 is 14.7 Å². The molecule has 0 spiro atoms. The van der Waals surface area contributed by atoms with Crippen molar-refractivity contribution in [3.63, 3.8) is 0 Å². The van der Waals surface area contributed by atoms with Gasteiger partial charge in [-0.2, -0.15) is 0 Å². The van der Waals surface area contributed by atoms with Gasteiger partial charge in [0, 0.05) is 18.5 Å². The number of thioether (sulfide) groups is 1. The van der Waals surface area contributed by atoms with E-state index < -0.39 is 12.5 Å². The fraction of sp³-hybridized carbons (Fsp3) is 0.385. The third kappa shape index (κ3) is 3.65. The van der Waals surface area contributed by atoms with Crippen LogP contribution in [-0.4, -0.2) is 50.8 Å². The van der Waals surface area contributed by atoms with Gasteiger partial charge in [-0.1, -0.05) is 24.0 Å². The number of amides is 1. The highest BCUT2D eigenvalue weighted by molar-refractivity contribution is 8.26. The molecule has 0 radical (unpaired) electrons. The lowest BCUT2D eigenvalue weighted by atomic mass is 10.3. The number of aliphatic carboxylic acids is 1. The van der Waals surface area contributed by atoms with Crippen molar-refractivity contribution in [2.45, 2.75) is 13.8 Å². The highest BCUT2D eigenvalue weighted by Crippen LogP contribution is 2.33. The molecule has 118 valence electrons. The Labute approximate surface area is 141 Å². The number of hydrogen-bond donors (Lipinski definition) is 1. The first-order chi connectivity index (χ1) is 10.5. The summed E-state index contributed by atoms with van der Waals surface area (Å²) >= 11 is 7.67. The molecule has 9 heteroatoms. The summed E-state index contributed by atoms with van der Waals surface area (Å²) in [6.45, 7) is 5.43. The van der Waals surface area contributed by atoms with Crippen molar-refractivity contribution in [2.24, 2.45) is 0 Å². The number of carboxylic acid groups (broad SMARTS) is 1. The number of anilines is 1. The molecule has 0 aliphatic carbocycles. The summed E-state index contributed by atoms with van der Waals surface area (Å²) in [6, 6.07) is 0. The number of carboxylic acids is 1. The summed E-state index contributed by atoms with van der Waals surface area (Å²) in [7, 11) is 0. The largest absolute Gasteiger partial charge is 0.480 e. The van der Waals surface area contributed by atoms with E-state index in [9.17, 15) is 9.59 Å². The second kappa shape index (κ2) is 7.21. The Kier molecular flexibility index (Phi) is 5.54. The molecule has 0 saturated carbocycles. The van der Waals surface area contributed by atoms with Crippen molar-refractivity contribution in [1.29, 1.82) is 0 Å². The lowest BCUT2D eigenvalue weighted by molar-refractivity contribution is -0.140. The third-order valence-corrected chi connectivity index (χ3v) is 5.29. The van der Waals surface area contributed by atoms with Gasteiger partial charge in [0.2, 0.25) is 0 Å². The van der Waals surface area contributed by atoms with Crippen LogP contribution in [0.1, 0.15) is 19.5 Å². The highest BCUT2D eigenvalue weighted by Gasteiger charge is 2.33. The predicted octanol–water partition coefficient (Wildman–Crippen LogP) is 2.28. The van der Waals surface area contributed by atoms with Gasteiger partial charge in [-0.25, -0.2) is 4.98 Å². The standard InChI is InChI=1S/C13H15N3O3S3/c1-3-15(4-2)12-14-8(7-21-12)5-9-11(19)16(6-10(17)18)13(20)22-9/h5,7H,3-4,6H2,1-2H3,(H,17,18). The van der Waals surface area contributed by atoms with Crippen molar-refractivity contribution in [3.8, 4) is 0 Å². The number of carbonyl (C=O) groups is 2. The molecule has 1 N–H and O–H groups in total. The van der Waals surface area contributed by atoms with Crippen molar-refractivity contribution in [3.05, 3.63) is 16.0 Å². The minimum absolute atomic E-state index is 0.262. The van der Waals surface area contributed by atoms with Crippen LogP contribution in [0.5, 0.6) is 0 Å². The number of rotatable bonds is 6. The van der Waals surface area contributed by atoms with Crippen molar-refractivity contribution in [2.75, 3.05) is 24.5 Å². The van der Waals surface area contributed by atoms with Crippen LogP contribution < -0.4 is 4.90 Å². The molecule has 1 saturated heterocycles. The maximum Gasteiger partial charge on any atom is 0.323 e. The maximum atomic E-state index is 12.2. The van der Waals surface area contributed by atoms with Crippen molar-refractivity contribution in [1.82, 2.24) is 9.88 Å². The number of thiazole rings is 1. The van der Waals surface area contributed by atoms with Gasteiger partial charge in [0.1, 0.15) is 10.9 Å². The topological polar surface area (TPSA) is 73.7 Å². The molecular weight excluding hydrogens is 342 g/mol. The van der Waals surface area contributed by atoms with Gasteiger partial charge in [0.05, 0.1) is 10.6 Å². The lowest BCUT2D eigenvalue weighted by Crippen LogP contribution is -2.33. The predicted molar refractivity (Wildman–Crippen MR) is 93.2 cm³/mol. The van der Waals surface area contributed by atoms with Crippen LogP contribution in [0.3, 0.4) is 0 Å². The van der Waals surface area contributed by atoms with Crippen LogP contribution in [0.25, 0.3) is 6.08 Å². The van der Waals surface area contributed by atoms with Gasteiger partial charge >= 0.3 is 5.97 Å². The highest BCUT2D eigenvalue weighted by atomic mass is 32.2. The van der Waals surface area contributed by atoms with E-state index in [2.05, 4.69) is 23.7 Å². The average Bonchev–Trinajstić information content (AvgIpc) is 3.01. The lowest BCUT2D eigenvalue weighted by Gasteiger charge is -2.16. The quantitative estimate of drug-likeness (QED) is 0.618. The van der Waals surface area contributed by atoms with Crippen LogP contribution >= 0.6 is 35.3 Å². The number of thiocarbonyl (C=S) groups is 1. The Hall–Kier alpha value is -1.45. The maximum absolute atomic E-state index is 12.2. The number of hydrogen-bond acceptors (Lipinski definition) is 7. The van der Waals surface area contributed by atoms with Gasteiger partial charge in [0.25, 0.3) is 5.91 Å². The Bertz CT molecular complexity index is 637. The molecule has 1 aromatic rings. The Morgan fingerprint density at radius 1 is 1.50 bits per heavy atom. The molecule has 0 atom stereocenters. The summed E-state index contributed by atoms with van der Waals surface area (Å²) in [6.07, 6.45) is 1.66. The summed E-state index contributed by atoms with van der Waals surface area (Å²) < 4.78 is 0.262. The molecule has 1 aliphatic rings. The normalized spacial score (nSPS) is 16.6. The van der Waals surface area contributed by atoms with E-state index in [4.69, 9.17) is 17.3 Å². The molecule has 1 fully saturated rings. The monoisotopic (exact) mass is 357 g/mol. The van der Waals surface area contributed by atoms with Gasteiger partial charge in [-0.05, 0) is 19.9 Å². The van der Waals surface area contributed by atoms with Crippen LogP contribution in [0, 0.1) is 0 Å². The summed E-state index contributed by atoms with van der Waals surface area (Å²) in [5.41, 5.74) is 0.683. The van der Waals surface area contributed by atoms with Crippen molar-refractivity contribution >= 4 is 62.7 Å². The Morgan fingerprint density at radius 3 is 2.77 bits per heavy atom. The molecule has 1 aromatic heterocycles. The Morgan fingerprint density at radius 2 is 2.18 bits per heavy atom. The van der Waals surface area contributed by atoms with Crippen LogP contribution in [0.4, 0.5) is 5.13 Å². The van der Waals surface area contributed by atoms with E-state index in [0.717, 1.165) is 34.9 Å². The molecule has 6 nitrogen and oxygen atoms in total. The first-order valence-electron chi connectivity index (χ1n) is 6.63. The van der Waals surface area contributed by atoms with E-state index >= 15 is 0 Å². The molecule has 0 bridgehead atoms. The van der Waals surface area contributed by atoms with Crippen LogP contribution in [0.15, 0.2) is 10.3 Å². The summed E-state index contributed by atoms with van der Waals surface area (Å²) in [5, 5.41) is 11.6. The van der Waals surface area contributed by atoms with Gasteiger partial charge in [-0.15, -0.1) is 11.3 Å². The van der Waals surface area contributed by atoms with E-state index in [1.807, 2.05) is 5.38 Å². The fourth-order valence-corrected chi connectivity index (χ4v) is 4.04. The van der Waals surface area contributed by atoms with Gasteiger partial charge < -0.3 is 10.0 Å². The molecule has 22 heavy (non-hydrogen) atoms. The molecule has 0 unspecified atom stereocenters. The van der Waals surface area contributed by atoms with Crippen LogP contribution in [0.2, 0.25) is 0 Å². The van der Waals surface area contributed by atoms with E-state index in [1.165, 1.54) is 11.3 Å². The average molecular weight is 357 g/mol. The molecule has 1 aliphatic heterocycles. The van der Waals surface area contributed by atoms with Crippen LogP contribution in [-0.2, 0) is 9.59 Å². The zero-order chi connectivity index (χ0) is 16.3. The van der Waals surface area contributed by atoms with E-state index in [1.54, 1.807) is 6.08 Å². The second-order valence-corrected chi connectivity index (χ2v) is 6.90. The van der Waals surface area contributed by atoms with E-state index in [-0.39, 0.29) is 10.2 Å². The zero-order valence-electron chi connectivity index (χ0n) is 12.1. The summed E-state index contributed by atoms with van der Waals surface area (Å²) in [4.78, 5) is 31.0. The van der Waals surface area contributed by atoms with Gasteiger partial charge in [0.15, 0.2) is 5.13 Å². The van der Waals surface area contributed by atoms with E-state index in [0.29, 0.717) is 10.6 Å². The minimum atomic E-state index is -1.09. The number of aromatic nitrogens is 1. The molecular formula is C13H15N3O3S3. The molecule has 0 aromatic carbocycles. The minimum Gasteiger partial charge on any atom is -0.480 e. The number of carbonyl (C=O) groups excluding carboxylic acids is 1. The third-order valence-electron chi connectivity index (χ3n) is 2.99. The fourth-order valence-electron chi connectivity index (χ4n) is 1.89. The SMILES string of the molecule is CCN(CC)c1nc(C=C2SC(=S)N(CC(=O)O)C2=O)cs1. The Balaban J connectivity index is 2.18. The second-order valence-electron chi connectivity index (χ2n) is 4.39. The molecule has 2 heterocycles. The zero-order valence-corrected chi connectivity index (χ0v) is 14.6. The first-order valence-corrected chi connectivity index (χ1v) is 8.74. The smallest absolute Gasteiger partial charge is 0.323 e. The molecule has 2 rings (SSSR count). The first kappa shape index (κ1) is 16.9. The molecule has 1 amide bonds. The summed E-state index contributed by atoms with van der Waals surface area (Å²) in [5.74, 6) is -1.47. The number of nitrogens with zero attached hydrogens (tertiary/aromatic N) is 3. The van der Waals surface area contributed by atoms with Gasteiger partial charge in [-0.3, -0.25) is 14.5 Å².